The molecule has 0 aliphatic carbocycles. The fourth-order valence-electron chi connectivity index (χ4n) is 3.06. The van der Waals surface area contributed by atoms with Crippen LogP contribution in [0.4, 0.5) is 0 Å². The second-order valence-corrected chi connectivity index (χ2v) is 7.33. The Balaban J connectivity index is 1.86. The molecule has 3 aromatic rings. The van der Waals surface area contributed by atoms with Crippen molar-refractivity contribution in [3.63, 3.8) is 0 Å². The van der Waals surface area contributed by atoms with E-state index in [9.17, 15) is 14.7 Å². The van der Waals surface area contributed by atoms with Crippen molar-refractivity contribution in [2.45, 2.75) is 13.8 Å². The molecule has 3 N–H and O–H groups in total. The van der Waals surface area contributed by atoms with Gasteiger partial charge in [0.1, 0.15) is 11.4 Å². The van der Waals surface area contributed by atoms with E-state index in [4.69, 9.17) is 0 Å². The van der Waals surface area contributed by atoms with Gasteiger partial charge in [-0.05, 0) is 55.3 Å². The Labute approximate surface area is 193 Å². The summed E-state index contributed by atoms with van der Waals surface area (Å²) in [6.07, 6.45) is 3.49. The van der Waals surface area contributed by atoms with Crippen molar-refractivity contribution in [1.29, 1.82) is 0 Å². The number of aromatic hydroxyl groups is 1. The smallest absolute Gasteiger partial charge is 0.287 e. The molecule has 0 bridgehead atoms. The van der Waals surface area contributed by atoms with Crippen molar-refractivity contribution in [2.24, 2.45) is 5.10 Å². The first-order valence-corrected chi connectivity index (χ1v) is 10.4. The van der Waals surface area contributed by atoms with Crippen LogP contribution >= 0.6 is 0 Å². The third-order valence-electron chi connectivity index (χ3n) is 4.71. The molecule has 6 nitrogen and oxygen atoms in total. The van der Waals surface area contributed by atoms with Gasteiger partial charge in [0.2, 0.25) is 0 Å². The number of rotatable bonds is 7. The number of amides is 2. The Morgan fingerprint density at radius 2 is 1.45 bits per heavy atom. The van der Waals surface area contributed by atoms with Crippen molar-refractivity contribution < 1.29 is 14.7 Å². The van der Waals surface area contributed by atoms with Gasteiger partial charge in [0.15, 0.2) is 0 Å². The molecule has 0 radical (unpaired) electrons. The molecule has 3 rings (SSSR count). The van der Waals surface area contributed by atoms with Crippen molar-refractivity contribution >= 4 is 23.6 Å². The normalized spacial score (nSPS) is 12.2. The van der Waals surface area contributed by atoms with Crippen LogP contribution < -0.4 is 10.7 Å². The maximum absolute atomic E-state index is 12.9. The number of carbonyl (C=O) groups is 2. The van der Waals surface area contributed by atoms with E-state index in [1.807, 2.05) is 49.4 Å². The number of para-hydroxylation sites is 1. The van der Waals surface area contributed by atoms with E-state index >= 15 is 0 Å². The van der Waals surface area contributed by atoms with Gasteiger partial charge in [0.25, 0.3) is 11.8 Å². The lowest BCUT2D eigenvalue weighted by molar-refractivity contribution is -0.117. The van der Waals surface area contributed by atoms with E-state index in [1.165, 1.54) is 0 Å². The summed E-state index contributed by atoms with van der Waals surface area (Å²) >= 11 is 0. The number of nitrogens with one attached hydrogen (secondary N) is 2. The molecule has 0 aliphatic rings. The first-order valence-electron chi connectivity index (χ1n) is 10.4. The van der Waals surface area contributed by atoms with Crippen molar-refractivity contribution in [1.82, 2.24) is 10.7 Å². The molecule has 0 atom stereocenters. The molecule has 3 aromatic carbocycles. The third kappa shape index (κ3) is 6.77. The van der Waals surface area contributed by atoms with Gasteiger partial charge in [-0.3, -0.25) is 9.59 Å². The Bertz CT molecular complexity index is 1210. The maximum atomic E-state index is 12.9. The van der Waals surface area contributed by atoms with Gasteiger partial charge < -0.3 is 10.4 Å². The molecule has 0 spiro atoms. The zero-order chi connectivity index (χ0) is 23.6. The minimum Gasteiger partial charge on any atom is -0.507 e. The van der Waals surface area contributed by atoms with Crippen molar-refractivity contribution in [3.05, 3.63) is 119 Å². The Morgan fingerprint density at radius 3 is 2.12 bits per heavy atom. The molecule has 6 heteroatoms. The second kappa shape index (κ2) is 11.2. The van der Waals surface area contributed by atoms with E-state index in [2.05, 4.69) is 15.8 Å². The standard InChI is InChI=1S/C27H25N3O3/c1-19(17-21-11-5-3-6-12-21)18-24(28-26(32)22-13-7-4-8-14-22)27(33)30-29-20(2)23-15-9-10-16-25(23)31/h3-18,31H,1-2H3,(H,28,32)(H,30,33)/b19-17-,24-18-,29-20?. The van der Waals surface area contributed by atoms with Crippen molar-refractivity contribution in [3.8, 4) is 5.75 Å². The highest BCUT2D eigenvalue weighted by Gasteiger charge is 2.15. The molecule has 2 amide bonds. The van der Waals surface area contributed by atoms with Crippen LogP contribution in [0.2, 0.25) is 0 Å². The van der Waals surface area contributed by atoms with Gasteiger partial charge in [-0.15, -0.1) is 0 Å². The highest BCUT2D eigenvalue weighted by molar-refractivity contribution is 6.05. The highest BCUT2D eigenvalue weighted by Crippen LogP contribution is 2.16. The van der Waals surface area contributed by atoms with Gasteiger partial charge in [0.05, 0.1) is 5.71 Å². The summed E-state index contributed by atoms with van der Waals surface area (Å²) in [6, 6.07) is 25.0. The lowest BCUT2D eigenvalue weighted by Crippen LogP contribution is -2.33. The minimum atomic E-state index is -0.588. The minimum absolute atomic E-state index is 0.0439. The third-order valence-corrected chi connectivity index (χ3v) is 4.71. The largest absolute Gasteiger partial charge is 0.507 e. The number of nitrogens with zero attached hydrogens (tertiary/aromatic N) is 1. The van der Waals surface area contributed by atoms with Gasteiger partial charge in [-0.2, -0.15) is 5.10 Å². The zero-order valence-electron chi connectivity index (χ0n) is 18.4. The molecule has 0 aliphatic heterocycles. The van der Waals surface area contributed by atoms with Gasteiger partial charge in [-0.25, -0.2) is 5.43 Å². The predicted octanol–water partition coefficient (Wildman–Crippen LogP) is 4.65. The number of allylic oxidation sites excluding steroid dienone is 2. The second-order valence-electron chi connectivity index (χ2n) is 7.33. The topological polar surface area (TPSA) is 90.8 Å². The molecule has 0 unspecified atom stereocenters. The van der Waals surface area contributed by atoms with E-state index in [-0.39, 0.29) is 11.4 Å². The molecule has 0 fully saturated rings. The quantitative estimate of drug-likeness (QED) is 0.217. The molecular formula is C27H25N3O3. The number of hydrogen-bond acceptors (Lipinski definition) is 4. The van der Waals surface area contributed by atoms with Gasteiger partial charge >= 0.3 is 0 Å². The van der Waals surface area contributed by atoms with E-state index in [0.717, 1.165) is 11.1 Å². The molecule has 0 heterocycles. The van der Waals surface area contributed by atoms with E-state index < -0.39 is 11.8 Å². The molecule has 0 saturated carbocycles. The number of phenolic OH excluding ortho intramolecular Hbond substituents is 1. The molecule has 0 saturated heterocycles. The first kappa shape index (κ1) is 23.2. The van der Waals surface area contributed by atoms with Gasteiger partial charge in [0, 0.05) is 11.1 Å². The summed E-state index contributed by atoms with van der Waals surface area (Å²) in [5.74, 6) is -0.941. The lowest BCUT2D eigenvalue weighted by Gasteiger charge is -2.10. The average molecular weight is 440 g/mol. The fourth-order valence-corrected chi connectivity index (χ4v) is 3.06. The van der Waals surface area contributed by atoms with E-state index in [0.29, 0.717) is 16.8 Å². The van der Waals surface area contributed by atoms with Crippen molar-refractivity contribution in [2.75, 3.05) is 0 Å². The molecule has 33 heavy (non-hydrogen) atoms. The Hall–Kier alpha value is -4.45. The number of phenols is 1. The predicted molar refractivity (Wildman–Crippen MR) is 131 cm³/mol. The van der Waals surface area contributed by atoms with Crippen LogP contribution in [0.25, 0.3) is 6.08 Å². The SMILES string of the molecule is CC(=NNC(=O)/C(=C/C(C)=C\c1ccccc1)NC(=O)c1ccccc1)c1ccccc1O. The average Bonchev–Trinajstić information content (AvgIpc) is 2.83. The van der Waals surface area contributed by atoms with E-state index in [1.54, 1.807) is 61.5 Å². The summed E-state index contributed by atoms with van der Waals surface area (Å²) in [6.45, 7) is 3.51. The summed E-state index contributed by atoms with van der Waals surface area (Å²) in [4.78, 5) is 25.6. The number of carbonyl (C=O) groups excluding carboxylic acids is 2. The van der Waals surface area contributed by atoms with Crippen LogP contribution in [0.1, 0.15) is 35.3 Å². The van der Waals surface area contributed by atoms with Crippen LogP contribution in [0.3, 0.4) is 0 Å². The Morgan fingerprint density at radius 1 is 0.848 bits per heavy atom. The monoisotopic (exact) mass is 439 g/mol. The lowest BCUT2D eigenvalue weighted by atomic mass is 10.1. The first-order chi connectivity index (χ1) is 15.9. The maximum Gasteiger partial charge on any atom is 0.287 e. The van der Waals surface area contributed by atoms with Gasteiger partial charge in [-0.1, -0.05) is 66.7 Å². The molecule has 166 valence electrons. The van der Waals surface area contributed by atoms with Crippen LogP contribution in [0, 0.1) is 0 Å². The highest BCUT2D eigenvalue weighted by atomic mass is 16.3. The number of hydrogen-bond donors (Lipinski definition) is 3. The van der Waals surface area contributed by atoms with Crippen LogP contribution in [0.5, 0.6) is 5.75 Å². The van der Waals surface area contributed by atoms with Crippen LogP contribution in [-0.2, 0) is 4.79 Å². The summed E-state index contributed by atoms with van der Waals surface area (Å²) in [5.41, 5.74) is 5.58. The van der Waals surface area contributed by atoms with Crippen LogP contribution in [-0.4, -0.2) is 22.6 Å². The Kier molecular flexibility index (Phi) is 7.91. The molecule has 0 aromatic heterocycles. The van der Waals surface area contributed by atoms with Crippen LogP contribution in [0.15, 0.2) is 107 Å². The molecular weight excluding hydrogens is 414 g/mol. The summed E-state index contributed by atoms with van der Waals surface area (Å²) in [5, 5.41) is 16.8. The zero-order valence-corrected chi connectivity index (χ0v) is 18.4. The number of benzene rings is 3. The summed E-state index contributed by atoms with van der Waals surface area (Å²) < 4.78 is 0. The fraction of sp³-hybridized carbons (Fsp3) is 0.0741. The summed E-state index contributed by atoms with van der Waals surface area (Å²) in [7, 11) is 0. The number of hydrazone groups is 1.